The van der Waals surface area contributed by atoms with Gasteiger partial charge in [-0.25, -0.2) is 0 Å². The predicted octanol–water partition coefficient (Wildman–Crippen LogP) is 2.31. The van der Waals surface area contributed by atoms with E-state index < -0.39 is 0 Å². The summed E-state index contributed by atoms with van der Waals surface area (Å²) in [7, 11) is 0. The van der Waals surface area contributed by atoms with Crippen LogP contribution in [0, 0.1) is 6.92 Å². The summed E-state index contributed by atoms with van der Waals surface area (Å²) in [6, 6.07) is 4.72. The molecule has 2 aliphatic rings. The Balaban J connectivity index is 1.47. The quantitative estimate of drug-likeness (QED) is 0.858. The number of rotatable bonds is 3. The second-order valence-electron chi connectivity index (χ2n) is 5.98. The smallest absolute Gasteiger partial charge is 0.151 e. The SMILES string of the molecule is Cc1cnn(C2CCN(c3ccc(C4CC4)nn3)C2)c1. The van der Waals surface area contributed by atoms with Gasteiger partial charge >= 0.3 is 0 Å². The molecule has 104 valence electrons. The fourth-order valence-corrected chi connectivity index (χ4v) is 2.90. The molecule has 1 aliphatic carbocycles. The van der Waals surface area contributed by atoms with Gasteiger partial charge in [0, 0.05) is 25.2 Å². The van der Waals surface area contributed by atoms with Crippen molar-refractivity contribution in [2.45, 2.75) is 38.1 Å². The molecular weight excluding hydrogens is 250 g/mol. The van der Waals surface area contributed by atoms with Gasteiger partial charge in [-0.05, 0) is 43.9 Å². The molecule has 2 fully saturated rings. The molecule has 20 heavy (non-hydrogen) atoms. The van der Waals surface area contributed by atoms with E-state index in [0.717, 1.165) is 31.0 Å². The number of hydrogen-bond acceptors (Lipinski definition) is 4. The maximum absolute atomic E-state index is 4.43. The Kier molecular flexibility index (Phi) is 2.72. The first-order valence-corrected chi connectivity index (χ1v) is 7.39. The van der Waals surface area contributed by atoms with Crippen LogP contribution in [0.3, 0.4) is 0 Å². The lowest BCUT2D eigenvalue weighted by atomic mass is 10.3. The first kappa shape index (κ1) is 11.9. The van der Waals surface area contributed by atoms with Gasteiger partial charge in [0.2, 0.25) is 0 Å². The van der Waals surface area contributed by atoms with Gasteiger partial charge in [0.05, 0.1) is 17.9 Å². The minimum Gasteiger partial charge on any atom is -0.353 e. The molecule has 5 nitrogen and oxygen atoms in total. The molecule has 0 N–H and O–H groups in total. The fourth-order valence-electron chi connectivity index (χ4n) is 2.90. The van der Waals surface area contributed by atoms with Crippen LogP contribution in [-0.4, -0.2) is 33.1 Å². The van der Waals surface area contributed by atoms with Gasteiger partial charge < -0.3 is 4.90 Å². The summed E-state index contributed by atoms with van der Waals surface area (Å²) >= 11 is 0. The zero-order valence-electron chi connectivity index (χ0n) is 11.7. The number of anilines is 1. The number of hydrogen-bond donors (Lipinski definition) is 0. The molecule has 1 saturated heterocycles. The maximum atomic E-state index is 4.43. The zero-order valence-corrected chi connectivity index (χ0v) is 11.7. The molecule has 5 heteroatoms. The largest absolute Gasteiger partial charge is 0.353 e. The van der Waals surface area contributed by atoms with Crippen LogP contribution < -0.4 is 4.90 Å². The molecule has 0 bridgehead atoms. The van der Waals surface area contributed by atoms with Gasteiger partial charge in [-0.1, -0.05) is 0 Å². The molecule has 1 saturated carbocycles. The summed E-state index contributed by atoms with van der Waals surface area (Å²) in [6.45, 7) is 4.08. The van der Waals surface area contributed by atoms with E-state index >= 15 is 0 Å². The Morgan fingerprint density at radius 2 is 2.05 bits per heavy atom. The fraction of sp³-hybridized carbons (Fsp3) is 0.533. The summed E-state index contributed by atoms with van der Waals surface area (Å²) in [5, 5.41) is 13.2. The molecule has 2 aromatic rings. The van der Waals surface area contributed by atoms with Crippen molar-refractivity contribution in [2.75, 3.05) is 18.0 Å². The highest BCUT2D eigenvalue weighted by atomic mass is 15.3. The Bertz CT molecular complexity index is 599. The van der Waals surface area contributed by atoms with Crippen molar-refractivity contribution >= 4 is 5.82 Å². The summed E-state index contributed by atoms with van der Waals surface area (Å²) in [5.74, 6) is 1.68. The van der Waals surface area contributed by atoms with Crippen molar-refractivity contribution < 1.29 is 0 Å². The Morgan fingerprint density at radius 1 is 1.15 bits per heavy atom. The lowest BCUT2D eigenvalue weighted by Crippen LogP contribution is -2.22. The van der Waals surface area contributed by atoms with E-state index in [1.165, 1.54) is 18.4 Å². The highest BCUT2D eigenvalue weighted by Gasteiger charge is 2.28. The lowest BCUT2D eigenvalue weighted by Gasteiger charge is -2.17. The molecule has 0 spiro atoms. The summed E-state index contributed by atoms with van der Waals surface area (Å²) < 4.78 is 2.08. The first-order valence-electron chi connectivity index (χ1n) is 7.39. The van der Waals surface area contributed by atoms with Crippen molar-refractivity contribution in [3.8, 4) is 0 Å². The van der Waals surface area contributed by atoms with Gasteiger partial charge in [0.15, 0.2) is 5.82 Å². The lowest BCUT2D eigenvalue weighted by molar-refractivity contribution is 0.494. The number of nitrogens with zero attached hydrogens (tertiary/aromatic N) is 5. The number of aromatic nitrogens is 4. The van der Waals surface area contributed by atoms with Crippen LogP contribution in [0.15, 0.2) is 24.5 Å². The maximum Gasteiger partial charge on any atom is 0.151 e. The standard InChI is InChI=1S/C15H19N5/c1-11-8-16-20(9-11)13-6-7-19(10-13)15-5-4-14(17-18-15)12-2-3-12/h4-5,8-9,12-13H,2-3,6-7,10H2,1H3. The Labute approximate surface area is 118 Å². The van der Waals surface area contributed by atoms with Crippen LogP contribution in [-0.2, 0) is 0 Å². The van der Waals surface area contributed by atoms with E-state index in [1.54, 1.807) is 0 Å². The predicted molar refractivity (Wildman–Crippen MR) is 76.8 cm³/mol. The van der Waals surface area contributed by atoms with Crippen molar-refractivity contribution in [2.24, 2.45) is 0 Å². The third-order valence-electron chi connectivity index (χ3n) is 4.26. The van der Waals surface area contributed by atoms with E-state index in [2.05, 4.69) is 50.1 Å². The molecular formula is C15H19N5. The van der Waals surface area contributed by atoms with Crippen LogP contribution in [0.25, 0.3) is 0 Å². The molecule has 3 heterocycles. The minimum absolute atomic E-state index is 0.452. The molecule has 0 amide bonds. The van der Waals surface area contributed by atoms with Crippen LogP contribution >= 0.6 is 0 Å². The van der Waals surface area contributed by atoms with Gasteiger partial charge in [0.1, 0.15) is 0 Å². The van der Waals surface area contributed by atoms with E-state index in [4.69, 9.17) is 0 Å². The van der Waals surface area contributed by atoms with Crippen LogP contribution in [0.5, 0.6) is 0 Å². The van der Waals surface area contributed by atoms with Crippen LogP contribution in [0.1, 0.15) is 42.5 Å². The Hall–Kier alpha value is -1.91. The third kappa shape index (κ3) is 2.17. The minimum atomic E-state index is 0.452. The van der Waals surface area contributed by atoms with Crippen molar-refractivity contribution in [3.63, 3.8) is 0 Å². The molecule has 0 radical (unpaired) electrons. The average Bonchev–Trinajstić information content (AvgIpc) is 3.04. The molecule has 2 aromatic heterocycles. The van der Waals surface area contributed by atoms with Crippen molar-refractivity contribution in [1.29, 1.82) is 0 Å². The van der Waals surface area contributed by atoms with Crippen LogP contribution in [0.4, 0.5) is 5.82 Å². The molecule has 0 aromatic carbocycles. The molecule has 1 unspecified atom stereocenters. The summed E-state index contributed by atoms with van der Waals surface area (Å²) in [6.07, 6.45) is 7.72. The topological polar surface area (TPSA) is 46.8 Å². The molecule has 1 atom stereocenters. The average molecular weight is 269 g/mol. The van der Waals surface area contributed by atoms with E-state index in [-0.39, 0.29) is 0 Å². The molecule has 4 rings (SSSR count). The zero-order chi connectivity index (χ0) is 13.5. The van der Waals surface area contributed by atoms with Gasteiger partial charge in [-0.2, -0.15) is 10.2 Å². The van der Waals surface area contributed by atoms with Gasteiger partial charge in [0.25, 0.3) is 0 Å². The first-order chi connectivity index (χ1) is 9.79. The monoisotopic (exact) mass is 269 g/mol. The highest BCUT2D eigenvalue weighted by molar-refractivity contribution is 5.39. The van der Waals surface area contributed by atoms with E-state index in [9.17, 15) is 0 Å². The third-order valence-corrected chi connectivity index (χ3v) is 4.26. The van der Waals surface area contributed by atoms with E-state index in [0.29, 0.717) is 12.0 Å². The summed E-state index contributed by atoms with van der Waals surface area (Å²) in [5.41, 5.74) is 2.38. The Morgan fingerprint density at radius 3 is 2.70 bits per heavy atom. The van der Waals surface area contributed by atoms with Gasteiger partial charge in [-0.15, -0.1) is 5.10 Å². The number of aryl methyl sites for hydroxylation is 1. The van der Waals surface area contributed by atoms with Crippen molar-refractivity contribution in [1.82, 2.24) is 20.0 Å². The van der Waals surface area contributed by atoms with E-state index in [1.807, 2.05) is 6.20 Å². The molecule has 1 aliphatic heterocycles. The highest BCUT2D eigenvalue weighted by Crippen LogP contribution is 2.38. The second kappa shape index (κ2) is 4.58. The van der Waals surface area contributed by atoms with Crippen LogP contribution in [0.2, 0.25) is 0 Å². The van der Waals surface area contributed by atoms with Gasteiger partial charge in [-0.3, -0.25) is 4.68 Å². The van der Waals surface area contributed by atoms with Crippen molar-refractivity contribution in [3.05, 3.63) is 35.8 Å². The normalized spacial score (nSPS) is 22.4. The summed E-state index contributed by atoms with van der Waals surface area (Å²) in [4.78, 5) is 2.31. The second-order valence-corrected chi connectivity index (χ2v) is 5.98.